The lowest BCUT2D eigenvalue weighted by molar-refractivity contribution is 0.0728. The molecule has 0 radical (unpaired) electrons. The highest BCUT2D eigenvalue weighted by molar-refractivity contribution is 5.97. The van der Waals surface area contributed by atoms with E-state index in [0.29, 0.717) is 24.5 Å². The van der Waals surface area contributed by atoms with E-state index in [0.717, 1.165) is 36.7 Å². The molecule has 0 bridgehead atoms. The highest BCUT2D eigenvalue weighted by atomic mass is 16.5. The first-order chi connectivity index (χ1) is 15.0. The zero-order valence-electron chi connectivity index (χ0n) is 18.4. The van der Waals surface area contributed by atoms with Gasteiger partial charge in [-0.1, -0.05) is 18.2 Å². The van der Waals surface area contributed by atoms with E-state index in [2.05, 4.69) is 9.88 Å². The zero-order valence-corrected chi connectivity index (χ0v) is 18.4. The Morgan fingerprint density at radius 2 is 2.03 bits per heavy atom. The summed E-state index contributed by atoms with van der Waals surface area (Å²) in [5, 5.41) is 0. The fraction of sp³-hybridized carbons (Fsp3) is 0.375. The first kappa shape index (κ1) is 21.1. The molecule has 4 rings (SSSR count). The van der Waals surface area contributed by atoms with Gasteiger partial charge >= 0.3 is 0 Å². The number of aromatic nitrogens is 3. The molecule has 1 aliphatic rings. The number of carbonyl (C=O) groups is 1. The molecule has 1 aromatic carbocycles. The molecular weight excluding hydrogens is 390 g/mol. The minimum atomic E-state index is -0.0499. The number of amides is 1. The van der Waals surface area contributed by atoms with Crippen LogP contribution >= 0.6 is 0 Å². The number of ether oxygens (including phenoxy) is 1. The van der Waals surface area contributed by atoms with E-state index in [9.17, 15) is 4.79 Å². The second-order valence-corrected chi connectivity index (χ2v) is 8.07. The molecular formula is C24H29N5O2. The van der Waals surface area contributed by atoms with Crippen LogP contribution in [0.25, 0.3) is 5.82 Å². The zero-order chi connectivity index (χ0) is 21.8. The SMILES string of the molecule is Cc1nccn1-c1cccc([C@@H]2CCCN2C(=O)c2ccccc2OCCN(C)C)n1. The van der Waals surface area contributed by atoms with Gasteiger partial charge in [0.15, 0.2) is 0 Å². The average Bonchev–Trinajstić information content (AvgIpc) is 3.43. The van der Waals surface area contributed by atoms with Gasteiger partial charge in [-0.2, -0.15) is 0 Å². The number of likely N-dealkylation sites (N-methyl/N-ethyl adjacent to an activating group) is 1. The topological polar surface area (TPSA) is 63.5 Å². The van der Waals surface area contributed by atoms with Gasteiger partial charge in [0.1, 0.15) is 24.0 Å². The van der Waals surface area contributed by atoms with E-state index < -0.39 is 0 Å². The molecule has 31 heavy (non-hydrogen) atoms. The Morgan fingerprint density at radius 3 is 2.81 bits per heavy atom. The van der Waals surface area contributed by atoms with Crippen LogP contribution in [0.4, 0.5) is 0 Å². The first-order valence-corrected chi connectivity index (χ1v) is 10.7. The summed E-state index contributed by atoms with van der Waals surface area (Å²) in [4.78, 5) is 26.7. The average molecular weight is 420 g/mol. The lowest BCUT2D eigenvalue weighted by Gasteiger charge is -2.26. The number of carbonyl (C=O) groups excluding carboxylic acids is 1. The third kappa shape index (κ3) is 4.61. The van der Waals surface area contributed by atoms with E-state index in [-0.39, 0.29) is 11.9 Å². The quantitative estimate of drug-likeness (QED) is 0.587. The number of para-hydroxylation sites is 1. The van der Waals surface area contributed by atoms with Crippen LogP contribution < -0.4 is 4.74 Å². The molecule has 7 nitrogen and oxygen atoms in total. The summed E-state index contributed by atoms with van der Waals surface area (Å²) in [7, 11) is 4.00. The smallest absolute Gasteiger partial charge is 0.258 e. The molecule has 7 heteroatoms. The highest BCUT2D eigenvalue weighted by Gasteiger charge is 2.33. The highest BCUT2D eigenvalue weighted by Crippen LogP contribution is 2.34. The Bertz CT molecular complexity index is 1050. The third-order valence-electron chi connectivity index (χ3n) is 5.60. The summed E-state index contributed by atoms with van der Waals surface area (Å²) >= 11 is 0. The van der Waals surface area contributed by atoms with Crippen LogP contribution in [0.1, 0.15) is 40.8 Å². The van der Waals surface area contributed by atoms with Crippen LogP contribution in [0.5, 0.6) is 5.75 Å². The predicted octanol–water partition coefficient (Wildman–Crippen LogP) is 3.49. The van der Waals surface area contributed by atoms with Gasteiger partial charge in [-0.05, 0) is 58.1 Å². The summed E-state index contributed by atoms with van der Waals surface area (Å²) in [6.45, 7) is 3.99. The normalized spacial score (nSPS) is 16.1. The second-order valence-electron chi connectivity index (χ2n) is 8.07. The number of benzene rings is 1. The van der Waals surface area contributed by atoms with Crippen molar-refractivity contribution in [3.63, 3.8) is 0 Å². The molecule has 1 aliphatic heterocycles. The Morgan fingerprint density at radius 1 is 1.19 bits per heavy atom. The third-order valence-corrected chi connectivity index (χ3v) is 5.60. The summed E-state index contributed by atoms with van der Waals surface area (Å²) in [5.74, 6) is 2.33. The maximum absolute atomic E-state index is 13.5. The van der Waals surface area contributed by atoms with Gasteiger partial charge in [-0.15, -0.1) is 0 Å². The van der Waals surface area contributed by atoms with Crippen molar-refractivity contribution < 1.29 is 9.53 Å². The summed E-state index contributed by atoms with van der Waals surface area (Å²) in [6.07, 6.45) is 5.52. The largest absolute Gasteiger partial charge is 0.491 e. The van der Waals surface area contributed by atoms with Gasteiger partial charge in [-0.25, -0.2) is 9.97 Å². The van der Waals surface area contributed by atoms with Crippen molar-refractivity contribution in [2.24, 2.45) is 0 Å². The number of hydrogen-bond acceptors (Lipinski definition) is 5. The Labute approximate surface area is 183 Å². The number of aryl methyl sites for hydroxylation is 1. The minimum Gasteiger partial charge on any atom is -0.491 e. The molecule has 3 aromatic rings. The maximum atomic E-state index is 13.5. The first-order valence-electron chi connectivity index (χ1n) is 10.7. The van der Waals surface area contributed by atoms with Crippen LogP contribution in [-0.4, -0.2) is 64.0 Å². The minimum absolute atomic E-state index is 0.00559. The molecule has 1 amide bonds. The fourth-order valence-electron chi connectivity index (χ4n) is 3.96. The van der Waals surface area contributed by atoms with E-state index in [1.807, 2.05) is 79.1 Å². The lowest BCUT2D eigenvalue weighted by Crippen LogP contribution is -2.31. The van der Waals surface area contributed by atoms with Crippen molar-refractivity contribution in [3.05, 3.63) is 71.9 Å². The van der Waals surface area contributed by atoms with Crippen LogP contribution in [0.2, 0.25) is 0 Å². The standard InChI is InChI=1S/C24H29N5O2/c1-18-25-13-15-28(18)23-12-6-9-20(26-23)21-10-7-14-29(21)24(30)19-8-4-5-11-22(19)31-17-16-27(2)3/h4-6,8-9,11-13,15,21H,7,10,14,16-17H2,1-3H3/t21-/m0/s1. The van der Waals surface area contributed by atoms with Crippen molar-refractivity contribution in [3.8, 4) is 11.6 Å². The van der Waals surface area contributed by atoms with E-state index >= 15 is 0 Å². The van der Waals surface area contributed by atoms with Gasteiger partial charge in [-0.3, -0.25) is 9.36 Å². The van der Waals surface area contributed by atoms with Crippen LogP contribution in [0.15, 0.2) is 54.9 Å². The van der Waals surface area contributed by atoms with E-state index in [4.69, 9.17) is 9.72 Å². The molecule has 0 N–H and O–H groups in total. The fourth-order valence-corrected chi connectivity index (χ4v) is 3.96. The molecule has 162 valence electrons. The molecule has 1 fully saturated rings. The van der Waals surface area contributed by atoms with Gasteiger partial charge in [0.25, 0.3) is 5.91 Å². The molecule has 1 atom stereocenters. The van der Waals surface area contributed by atoms with Crippen molar-refractivity contribution in [1.82, 2.24) is 24.3 Å². The molecule has 0 saturated carbocycles. The van der Waals surface area contributed by atoms with Crippen molar-refractivity contribution >= 4 is 5.91 Å². The van der Waals surface area contributed by atoms with Crippen molar-refractivity contribution in [1.29, 1.82) is 0 Å². The van der Waals surface area contributed by atoms with Crippen LogP contribution in [-0.2, 0) is 0 Å². The maximum Gasteiger partial charge on any atom is 0.258 e. The second kappa shape index (κ2) is 9.31. The Hall–Kier alpha value is -3.19. The van der Waals surface area contributed by atoms with E-state index in [1.54, 1.807) is 6.20 Å². The lowest BCUT2D eigenvalue weighted by atomic mass is 10.1. The van der Waals surface area contributed by atoms with Crippen molar-refractivity contribution in [2.45, 2.75) is 25.8 Å². The molecule has 0 aliphatic carbocycles. The number of imidazole rings is 1. The number of likely N-dealkylation sites (tertiary alicyclic amines) is 1. The summed E-state index contributed by atoms with van der Waals surface area (Å²) in [6, 6.07) is 13.4. The van der Waals surface area contributed by atoms with Crippen molar-refractivity contribution in [2.75, 3.05) is 33.8 Å². The molecule has 2 aromatic heterocycles. The monoisotopic (exact) mass is 419 g/mol. The van der Waals surface area contributed by atoms with E-state index in [1.165, 1.54) is 0 Å². The predicted molar refractivity (Wildman–Crippen MR) is 120 cm³/mol. The molecule has 0 unspecified atom stereocenters. The van der Waals surface area contributed by atoms with Gasteiger partial charge < -0.3 is 14.5 Å². The van der Waals surface area contributed by atoms with Gasteiger partial charge in [0, 0.05) is 25.5 Å². The molecule has 0 spiro atoms. The summed E-state index contributed by atoms with van der Waals surface area (Å²) < 4.78 is 7.89. The molecule has 3 heterocycles. The Balaban J connectivity index is 1.57. The number of rotatable bonds is 7. The Kier molecular flexibility index (Phi) is 6.32. The molecule has 1 saturated heterocycles. The number of pyridine rings is 1. The number of nitrogens with zero attached hydrogens (tertiary/aromatic N) is 5. The van der Waals surface area contributed by atoms with Gasteiger partial charge in [0.05, 0.1) is 17.3 Å². The summed E-state index contributed by atoms with van der Waals surface area (Å²) in [5.41, 5.74) is 1.51. The number of hydrogen-bond donors (Lipinski definition) is 0. The van der Waals surface area contributed by atoms with Crippen LogP contribution in [0.3, 0.4) is 0 Å². The van der Waals surface area contributed by atoms with Crippen LogP contribution in [0, 0.1) is 6.92 Å². The van der Waals surface area contributed by atoms with Gasteiger partial charge in [0.2, 0.25) is 0 Å².